The van der Waals surface area contributed by atoms with Gasteiger partial charge in [0.05, 0.1) is 11.5 Å². The molecule has 5 nitrogen and oxygen atoms in total. The molecule has 1 saturated heterocycles. The SMILES string of the molecule is Cc1ccc(F)c(CN2CCC3(CC2)C(C(=O)N(C)C)c2ccccc2C(=O)N3C(C)C)c1. The summed E-state index contributed by atoms with van der Waals surface area (Å²) in [5, 5.41) is 0. The van der Waals surface area contributed by atoms with E-state index in [-0.39, 0.29) is 23.7 Å². The normalized spacial score (nSPS) is 20.3. The molecule has 0 saturated carbocycles. The second-order valence-corrected chi connectivity index (χ2v) is 10.00. The summed E-state index contributed by atoms with van der Waals surface area (Å²) in [7, 11) is 3.56. The van der Waals surface area contributed by atoms with Gasteiger partial charge in [-0.25, -0.2) is 4.39 Å². The zero-order valence-electron chi connectivity index (χ0n) is 20.3. The Morgan fingerprint density at radius 2 is 1.82 bits per heavy atom. The van der Waals surface area contributed by atoms with Crippen LogP contribution in [0.15, 0.2) is 42.5 Å². The largest absolute Gasteiger partial charge is 0.348 e. The van der Waals surface area contributed by atoms with E-state index in [2.05, 4.69) is 4.90 Å². The highest BCUT2D eigenvalue weighted by atomic mass is 19.1. The van der Waals surface area contributed by atoms with Gasteiger partial charge in [-0.2, -0.15) is 0 Å². The Hall–Kier alpha value is -2.73. The van der Waals surface area contributed by atoms with E-state index in [1.165, 1.54) is 6.07 Å². The number of likely N-dealkylation sites (N-methyl/N-ethyl adjacent to an activating group) is 1. The van der Waals surface area contributed by atoms with Gasteiger partial charge in [-0.15, -0.1) is 0 Å². The molecule has 6 heteroatoms. The summed E-state index contributed by atoms with van der Waals surface area (Å²) in [5.41, 5.74) is 2.59. The highest BCUT2D eigenvalue weighted by Crippen LogP contribution is 2.48. The van der Waals surface area contributed by atoms with E-state index in [0.29, 0.717) is 43.6 Å². The molecule has 0 bridgehead atoms. The third-order valence-electron chi connectivity index (χ3n) is 7.26. The van der Waals surface area contributed by atoms with Crippen LogP contribution in [0.25, 0.3) is 0 Å². The zero-order chi connectivity index (χ0) is 23.9. The van der Waals surface area contributed by atoms with Crippen LogP contribution in [0.1, 0.15) is 59.7 Å². The van der Waals surface area contributed by atoms with Gasteiger partial charge >= 0.3 is 0 Å². The second kappa shape index (κ2) is 8.90. The van der Waals surface area contributed by atoms with Gasteiger partial charge in [-0.3, -0.25) is 14.5 Å². The summed E-state index contributed by atoms with van der Waals surface area (Å²) in [4.78, 5) is 33.1. The number of hydrogen-bond donors (Lipinski definition) is 0. The lowest BCUT2D eigenvalue weighted by Crippen LogP contribution is -2.66. The summed E-state index contributed by atoms with van der Waals surface area (Å²) in [6, 6.07) is 12.7. The molecule has 176 valence electrons. The predicted molar refractivity (Wildman–Crippen MR) is 128 cm³/mol. The van der Waals surface area contributed by atoms with Crippen molar-refractivity contribution in [1.82, 2.24) is 14.7 Å². The molecule has 1 unspecified atom stereocenters. The van der Waals surface area contributed by atoms with Gasteiger partial charge in [0.2, 0.25) is 5.91 Å². The molecule has 0 radical (unpaired) electrons. The van der Waals surface area contributed by atoms with Crippen LogP contribution < -0.4 is 0 Å². The minimum absolute atomic E-state index is 0.00147. The van der Waals surface area contributed by atoms with Crippen LogP contribution >= 0.6 is 0 Å². The quantitative estimate of drug-likeness (QED) is 0.700. The molecule has 2 heterocycles. The van der Waals surface area contributed by atoms with Crippen molar-refractivity contribution in [3.63, 3.8) is 0 Å². The minimum Gasteiger partial charge on any atom is -0.348 e. The van der Waals surface area contributed by atoms with Crippen molar-refractivity contribution in [3.8, 4) is 0 Å². The molecular formula is C27H34FN3O2. The minimum atomic E-state index is -0.595. The summed E-state index contributed by atoms with van der Waals surface area (Å²) in [6.07, 6.45) is 1.34. The monoisotopic (exact) mass is 451 g/mol. The van der Waals surface area contributed by atoms with Crippen molar-refractivity contribution in [2.24, 2.45) is 0 Å². The molecule has 1 fully saturated rings. The number of aryl methyl sites for hydroxylation is 1. The van der Waals surface area contributed by atoms with E-state index in [1.54, 1.807) is 25.1 Å². The van der Waals surface area contributed by atoms with Crippen LogP contribution in [-0.4, -0.2) is 65.3 Å². The molecule has 0 aliphatic carbocycles. The van der Waals surface area contributed by atoms with Crippen molar-refractivity contribution in [2.75, 3.05) is 27.2 Å². The average Bonchev–Trinajstić information content (AvgIpc) is 2.77. The number of carbonyl (C=O) groups is 2. The number of carbonyl (C=O) groups excluding carboxylic acids is 2. The number of nitrogens with zero attached hydrogens (tertiary/aromatic N) is 3. The van der Waals surface area contributed by atoms with Crippen LogP contribution in [0.3, 0.4) is 0 Å². The molecule has 0 aromatic heterocycles. The molecule has 2 aliphatic heterocycles. The third kappa shape index (κ3) is 4.05. The van der Waals surface area contributed by atoms with E-state index in [1.807, 2.05) is 56.0 Å². The second-order valence-electron chi connectivity index (χ2n) is 10.00. The molecule has 2 aromatic rings. The van der Waals surface area contributed by atoms with Crippen LogP contribution in [-0.2, 0) is 11.3 Å². The fourth-order valence-corrected chi connectivity index (χ4v) is 5.77. The molecule has 0 N–H and O–H groups in total. The third-order valence-corrected chi connectivity index (χ3v) is 7.26. The van der Waals surface area contributed by atoms with Gasteiger partial charge in [0.25, 0.3) is 5.91 Å². The number of halogens is 1. The van der Waals surface area contributed by atoms with E-state index in [9.17, 15) is 14.0 Å². The number of piperidine rings is 1. The van der Waals surface area contributed by atoms with Gasteiger partial charge < -0.3 is 9.80 Å². The maximum atomic E-state index is 14.4. The number of amides is 2. The molecule has 2 aromatic carbocycles. The Kier molecular flexibility index (Phi) is 6.32. The Balaban J connectivity index is 1.71. The van der Waals surface area contributed by atoms with Crippen LogP contribution in [0.2, 0.25) is 0 Å². The number of rotatable bonds is 4. The first-order valence-electron chi connectivity index (χ1n) is 11.8. The topological polar surface area (TPSA) is 43.9 Å². The van der Waals surface area contributed by atoms with E-state index in [4.69, 9.17) is 0 Å². The van der Waals surface area contributed by atoms with Gasteiger partial charge in [-0.1, -0.05) is 35.9 Å². The molecule has 1 atom stereocenters. The first-order valence-corrected chi connectivity index (χ1v) is 11.8. The van der Waals surface area contributed by atoms with Crippen molar-refractivity contribution < 1.29 is 14.0 Å². The van der Waals surface area contributed by atoms with Gasteiger partial charge in [0, 0.05) is 50.9 Å². The van der Waals surface area contributed by atoms with E-state index in [0.717, 1.165) is 11.1 Å². The highest BCUT2D eigenvalue weighted by molar-refractivity contribution is 6.02. The van der Waals surface area contributed by atoms with Crippen LogP contribution in [0, 0.1) is 12.7 Å². The summed E-state index contributed by atoms with van der Waals surface area (Å²) >= 11 is 0. The lowest BCUT2D eigenvalue weighted by atomic mass is 9.66. The van der Waals surface area contributed by atoms with Gasteiger partial charge in [0.1, 0.15) is 5.82 Å². The maximum Gasteiger partial charge on any atom is 0.254 e. The lowest BCUT2D eigenvalue weighted by Gasteiger charge is -2.57. The number of benzene rings is 2. The van der Waals surface area contributed by atoms with E-state index < -0.39 is 11.5 Å². The number of fused-ring (bicyclic) bond motifs is 1. The fourth-order valence-electron chi connectivity index (χ4n) is 5.77. The Morgan fingerprint density at radius 1 is 1.15 bits per heavy atom. The molecular weight excluding hydrogens is 417 g/mol. The van der Waals surface area contributed by atoms with Gasteiger partial charge in [0.15, 0.2) is 0 Å². The van der Waals surface area contributed by atoms with E-state index >= 15 is 0 Å². The highest BCUT2D eigenvalue weighted by Gasteiger charge is 2.56. The molecule has 2 amide bonds. The average molecular weight is 452 g/mol. The van der Waals surface area contributed by atoms with Crippen molar-refractivity contribution in [1.29, 1.82) is 0 Å². The predicted octanol–water partition coefficient (Wildman–Crippen LogP) is 4.20. The standard InChI is InChI=1S/C27H34FN3O2/c1-18(2)31-25(32)22-9-7-6-8-21(22)24(26(33)29(4)5)27(31)12-14-30(15-13-27)17-20-16-19(3)10-11-23(20)28/h6-11,16,18,24H,12-15,17H2,1-5H3. The van der Waals surface area contributed by atoms with Crippen molar-refractivity contribution in [3.05, 3.63) is 70.5 Å². The van der Waals surface area contributed by atoms with Crippen molar-refractivity contribution in [2.45, 2.75) is 57.7 Å². The Bertz CT molecular complexity index is 1060. The molecule has 2 aliphatic rings. The summed E-state index contributed by atoms with van der Waals surface area (Å²) in [5.74, 6) is -0.575. The van der Waals surface area contributed by atoms with Crippen LogP contribution in [0.5, 0.6) is 0 Å². The molecule has 4 rings (SSSR count). The number of hydrogen-bond acceptors (Lipinski definition) is 3. The number of likely N-dealkylation sites (tertiary alicyclic amines) is 1. The maximum absolute atomic E-state index is 14.4. The summed E-state index contributed by atoms with van der Waals surface area (Å²) in [6.45, 7) is 7.95. The zero-order valence-corrected chi connectivity index (χ0v) is 20.3. The first kappa shape index (κ1) is 23.4. The molecule has 33 heavy (non-hydrogen) atoms. The first-order chi connectivity index (χ1) is 15.7. The summed E-state index contributed by atoms with van der Waals surface area (Å²) < 4.78 is 14.4. The smallest absolute Gasteiger partial charge is 0.254 e. The van der Waals surface area contributed by atoms with Crippen LogP contribution in [0.4, 0.5) is 4.39 Å². The van der Waals surface area contributed by atoms with Gasteiger partial charge in [-0.05, 0) is 51.3 Å². The Labute approximate surface area is 196 Å². The molecule has 1 spiro atoms. The fraction of sp³-hybridized carbons (Fsp3) is 0.481. The Morgan fingerprint density at radius 3 is 2.45 bits per heavy atom. The van der Waals surface area contributed by atoms with Crippen molar-refractivity contribution >= 4 is 11.8 Å². The lowest BCUT2D eigenvalue weighted by molar-refractivity contribution is -0.136.